The van der Waals surface area contributed by atoms with Crippen molar-refractivity contribution in [2.75, 3.05) is 0 Å². The molecule has 4 heteroatoms. The minimum Gasteiger partial charge on any atom is -0.361 e. The number of fused-ring (bicyclic) bond motifs is 1. The highest BCUT2D eigenvalue weighted by Crippen LogP contribution is 2.31. The van der Waals surface area contributed by atoms with Crippen molar-refractivity contribution in [1.82, 2.24) is 19.5 Å². The van der Waals surface area contributed by atoms with Gasteiger partial charge < -0.3 is 9.55 Å². The lowest BCUT2D eigenvalue weighted by atomic mass is 10.0. The van der Waals surface area contributed by atoms with Gasteiger partial charge >= 0.3 is 0 Å². The quantitative estimate of drug-likeness (QED) is 0.604. The van der Waals surface area contributed by atoms with Crippen LogP contribution in [0, 0.1) is 0 Å². The smallest absolute Gasteiger partial charge is 0.0999 e. The Morgan fingerprint density at radius 1 is 1.13 bits per heavy atom. The van der Waals surface area contributed by atoms with E-state index in [0.29, 0.717) is 5.92 Å². The Labute approximate surface area is 134 Å². The summed E-state index contributed by atoms with van der Waals surface area (Å²) in [5.74, 6) is 0.464. The summed E-state index contributed by atoms with van der Waals surface area (Å²) in [5, 5.41) is 1.26. The molecule has 0 saturated heterocycles. The van der Waals surface area contributed by atoms with Gasteiger partial charge in [-0.3, -0.25) is 4.98 Å². The highest BCUT2D eigenvalue weighted by Gasteiger charge is 2.13. The average molecular weight is 302 g/mol. The molecule has 23 heavy (non-hydrogen) atoms. The first-order valence-electron chi connectivity index (χ1n) is 7.79. The zero-order valence-electron chi connectivity index (χ0n) is 13.2. The number of H-pyrrole nitrogens is 1. The summed E-state index contributed by atoms with van der Waals surface area (Å²) >= 11 is 0. The molecule has 0 bridgehead atoms. The van der Waals surface area contributed by atoms with Crippen LogP contribution in [0.2, 0.25) is 0 Å². The number of imidazole rings is 1. The summed E-state index contributed by atoms with van der Waals surface area (Å²) in [6, 6.07) is 10.3. The van der Waals surface area contributed by atoms with Gasteiger partial charge in [-0.15, -0.1) is 0 Å². The van der Waals surface area contributed by atoms with E-state index in [9.17, 15) is 0 Å². The van der Waals surface area contributed by atoms with Gasteiger partial charge in [0.15, 0.2) is 0 Å². The predicted octanol–water partition coefficient (Wildman–Crippen LogP) is 4.54. The number of nitrogens with zero attached hydrogens (tertiary/aromatic N) is 3. The molecule has 114 valence electrons. The summed E-state index contributed by atoms with van der Waals surface area (Å²) in [4.78, 5) is 12.1. The van der Waals surface area contributed by atoms with Crippen molar-refractivity contribution in [1.29, 1.82) is 0 Å². The molecule has 3 heterocycles. The Morgan fingerprint density at radius 3 is 2.83 bits per heavy atom. The van der Waals surface area contributed by atoms with Gasteiger partial charge in [0.1, 0.15) is 0 Å². The summed E-state index contributed by atoms with van der Waals surface area (Å²) in [5.41, 5.74) is 5.58. The van der Waals surface area contributed by atoms with E-state index in [4.69, 9.17) is 0 Å². The van der Waals surface area contributed by atoms with Crippen molar-refractivity contribution < 1.29 is 0 Å². The van der Waals surface area contributed by atoms with Gasteiger partial charge in [-0.05, 0) is 35.7 Å². The summed E-state index contributed by atoms with van der Waals surface area (Å²) < 4.78 is 2.09. The third kappa shape index (κ3) is 2.32. The van der Waals surface area contributed by atoms with Crippen LogP contribution in [0.15, 0.2) is 61.4 Å². The minimum absolute atomic E-state index is 0.464. The van der Waals surface area contributed by atoms with E-state index in [1.54, 1.807) is 6.20 Å². The zero-order valence-corrected chi connectivity index (χ0v) is 13.2. The van der Waals surface area contributed by atoms with Crippen LogP contribution in [0.4, 0.5) is 0 Å². The molecule has 0 spiro atoms. The minimum atomic E-state index is 0.464. The Morgan fingerprint density at radius 2 is 2.04 bits per heavy atom. The molecule has 0 unspecified atom stereocenters. The first-order valence-corrected chi connectivity index (χ1v) is 7.79. The third-order valence-electron chi connectivity index (χ3n) is 4.15. The van der Waals surface area contributed by atoms with Gasteiger partial charge in [-0.1, -0.05) is 19.9 Å². The summed E-state index contributed by atoms with van der Waals surface area (Å²) in [6.45, 7) is 4.43. The Kier molecular flexibility index (Phi) is 3.23. The molecule has 4 aromatic rings. The maximum Gasteiger partial charge on any atom is 0.0999 e. The zero-order chi connectivity index (χ0) is 15.8. The second-order valence-electron chi connectivity index (χ2n) is 6.01. The molecule has 4 rings (SSSR count). The van der Waals surface area contributed by atoms with Crippen LogP contribution in [0.1, 0.15) is 25.3 Å². The molecule has 0 fully saturated rings. The lowest BCUT2D eigenvalue weighted by Crippen LogP contribution is -1.93. The number of aromatic nitrogens is 4. The van der Waals surface area contributed by atoms with E-state index < -0.39 is 0 Å². The summed E-state index contributed by atoms with van der Waals surface area (Å²) in [6.07, 6.45) is 9.65. The van der Waals surface area contributed by atoms with Crippen LogP contribution >= 0.6 is 0 Å². The van der Waals surface area contributed by atoms with Crippen LogP contribution < -0.4 is 0 Å². The van der Waals surface area contributed by atoms with Crippen LogP contribution in [0.5, 0.6) is 0 Å². The first-order chi connectivity index (χ1) is 11.2. The van der Waals surface area contributed by atoms with Gasteiger partial charge in [0.05, 0.1) is 17.7 Å². The van der Waals surface area contributed by atoms with Crippen molar-refractivity contribution in [2.45, 2.75) is 19.8 Å². The van der Waals surface area contributed by atoms with Gasteiger partial charge in [0.2, 0.25) is 0 Å². The van der Waals surface area contributed by atoms with E-state index in [1.165, 1.54) is 10.9 Å². The van der Waals surface area contributed by atoms with Crippen molar-refractivity contribution in [3.05, 3.63) is 67.0 Å². The van der Waals surface area contributed by atoms with Crippen molar-refractivity contribution in [3.8, 4) is 16.9 Å². The maximum absolute atomic E-state index is 4.54. The fourth-order valence-corrected chi connectivity index (χ4v) is 2.98. The maximum atomic E-state index is 4.54. The lowest BCUT2D eigenvalue weighted by Gasteiger charge is -2.09. The molecule has 0 saturated carbocycles. The number of benzene rings is 1. The molecule has 1 aromatic carbocycles. The molecule has 0 aliphatic rings. The van der Waals surface area contributed by atoms with Gasteiger partial charge in [0, 0.05) is 41.3 Å². The Bertz CT molecular complexity index is 948. The highest BCUT2D eigenvalue weighted by molar-refractivity contribution is 5.91. The average Bonchev–Trinajstić information content (AvgIpc) is 3.22. The molecular formula is C19H18N4. The van der Waals surface area contributed by atoms with E-state index in [0.717, 1.165) is 22.5 Å². The second-order valence-corrected chi connectivity index (χ2v) is 6.01. The van der Waals surface area contributed by atoms with Gasteiger partial charge in [0.25, 0.3) is 0 Å². The van der Waals surface area contributed by atoms with Crippen molar-refractivity contribution in [3.63, 3.8) is 0 Å². The van der Waals surface area contributed by atoms with Gasteiger partial charge in [-0.25, -0.2) is 4.98 Å². The fourth-order valence-electron chi connectivity index (χ4n) is 2.98. The molecule has 0 atom stereocenters. The molecular weight excluding hydrogens is 284 g/mol. The molecule has 4 nitrogen and oxygen atoms in total. The van der Waals surface area contributed by atoms with Crippen LogP contribution in [-0.2, 0) is 0 Å². The highest BCUT2D eigenvalue weighted by atomic mass is 15.0. The van der Waals surface area contributed by atoms with E-state index in [1.807, 2.05) is 24.7 Å². The van der Waals surface area contributed by atoms with Gasteiger partial charge in [-0.2, -0.15) is 0 Å². The van der Waals surface area contributed by atoms with Crippen LogP contribution in [-0.4, -0.2) is 19.5 Å². The summed E-state index contributed by atoms with van der Waals surface area (Å²) in [7, 11) is 0. The van der Waals surface area contributed by atoms with Crippen molar-refractivity contribution in [2.24, 2.45) is 0 Å². The molecule has 0 amide bonds. The lowest BCUT2D eigenvalue weighted by molar-refractivity contribution is 0.874. The molecule has 0 aliphatic heterocycles. The Hall–Kier alpha value is -2.88. The molecule has 3 aromatic heterocycles. The fraction of sp³-hybridized carbons (Fsp3) is 0.158. The van der Waals surface area contributed by atoms with Crippen LogP contribution in [0.3, 0.4) is 0 Å². The molecule has 1 N–H and O–H groups in total. The van der Waals surface area contributed by atoms with Crippen LogP contribution in [0.25, 0.3) is 27.8 Å². The standard InChI is InChI=1S/C19H18N4/c1-13(2)15-10-21-16-6-3-7-18(19(15)16)23-11-17(22-12-23)14-5-4-8-20-9-14/h3-13,21H,1-2H3. The van der Waals surface area contributed by atoms with E-state index in [-0.39, 0.29) is 0 Å². The largest absolute Gasteiger partial charge is 0.361 e. The topological polar surface area (TPSA) is 46.5 Å². The number of pyridine rings is 1. The SMILES string of the molecule is CC(C)c1c[nH]c2cccc(-n3cnc(-c4cccnc4)c3)c12. The Balaban J connectivity index is 1.87. The third-order valence-corrected chi connectivity index (χ3v) is 4.15. The molecule has 0 radical (unpaired) electrons. The number of nitrogens with one attached hydrogen (secondary N) is 1. The second kappa shape index (κ2) is 5.39. The number of hydrogen-bond donors (Lipinski definition) is 1. The molecule has 0 aliphatic carbocycles. The van der Waals surface area contributed by atoms with Crippen molar-refractivity contribution >= 4 is 10.9 Å². The van der Waals surface area contributed by atoms with E-state index in [2.05, 4.69) is 64.0 Å². The first kappa shape index (κ1) is 13.8. The number of hydrogen-bond acceptors (Lipinski definition) is 2. The normalized spacial score (nSPS) is 11.4. The number of rotatable bonds is 3. The number of aromatic amines is 1. The predicted molar refractivity (Wildman–Crippen MR) is 92.7 cm³/mol. The van der Waals surface area contributed by atoms with E-state index >= 15 is 0 Å². The monoisotopic (exact) mass is 302 g/mol.